The van der Waals surface area contributed by atoms with E-state index in [1.54, 1.807) is 25.1 Å². The number of nitrogens with one attached hydrogen (secondary N) is 1. The van der Waals surface area contributed by atoms with E-state index >= 15 is 0 Å². The Morgan fingerprint density at radius 3 is 2.63 bits per heavy atom. The summed E-state index contributed by atoms with van der Waals surface area (Å²) in [6.07, 6.45) is 0. The van der Waals surface area contributed by atoms with Crippen LogP contribution >= 0.6 is 15.9 Å². The summed E-state index contributed by atoms with van der Waals surface area (Å²) in [5.41, 5.74) is 1.21. The number of halogens is 1. The summed E-state index contributed by atoms with van der Waals surface area (Å²) in [6.45, 7) is 3.02. The van der Waals surface area contributed by atoms with E-state index in [9.17, 15) is 9.59 Å². The summed E-state index contributed by atoms with van der Waals surface area (Å²) in [6, 6.07) is 4.43. The number of hydrogen-bond acceptors (Lipinski definition) is 5. The quantitative estimate of drug-likeness (QED) is 0.681. The lowest BCUT2D eigenvalue weighted by molar-refractivity contribution is -0.141. The third kappa shape index (κ3) is 4.78. The molecule has 0 aromatic heterocycles. The Hall–Kier alpha value is -1.76. The van der Waals surface area contributed by atoms with E-state index in [1.807, 2.05) is 0 Å². The number of hydrogen-bond donors (Lipinski definition) is 1. The monoisotopic (exact) mass is 327 g/mol. The highest BCUT2D eigenvalue weighted by Gasteiger charge is 2.11. The summed E-state index contributed by atoms with van der Waals surface area (Å²) >= 11 is 3.32. The van der Waals surface area contributed by atoms with E-state index in [1.165, 1.54) is 14.0 Å². The van der Waals surface area contributed by atoms with Crippen molar-refractivity contribution in [3.8, 4) is 0 Å². The summed E-state index contributed by atoms with van der Waals surface area (Å²) in [5, 5.41) is 10.5. The van der Waals surface area contributed by atoms with Crippen LogP contribution in [0.2, 0.25) is 0 Å². The average Bonchev–Trinajstić information content (AvgIpc) is 2.35. The minimum atomic E-state index is -0.660. The normalized spacial score (nSPS) is 12.2. The third-order valence-corrected chi connectivity index (χ3v) is 2.78. The molecule has 1 rings (SSSR count). The molecule has 1 aromatic rings. The van der Waals surface area contributed by atoms with Crippen molar-refractivity contribution in [3.05, 3.63) is 22.7 Å². The second kappa shape index (κ2) is 6.98. The molecule has 1 amide bonds. The number of ether oxygens (including phenoxy) is 1. The zero-order chi connectivity index (χ0) is 14.4. The molecule has 102 valence electrons. The van der Waals surface area contributed by atoms with E-state index < -0.39 is 12.0 Å². The Balaban J connectivity index is 2.82. The molecule has 0 aliphatic rings. The number of azo groups is 1. The number of amides is 1. The van der Waals surface area contributed by atoms with Gasteiger partial charge in [-0.2, -0.15) is 10.2 Å². The molecule has 1 unspecified atom stereocenters. The van der Waals surface area contributed by atoms with Crippen LogP contribution in [-0.2, 0) is 14.3 Å². The largest absolute Gasteiger partial charge is 0.467 e. The molecule has 1 aromatic carbocycles. The van der Waals surface area contributed by atoms with E-state index in [2.05, 4.69) is 36.2 Å². The molecule has 0 aliphatic carbocycles. The van der Waals surface area contributed by atoms with Gasteiger partial charge in [-0.1, -0.05) is 0 Å². The number of rotatable bonds is 4. The highest BCUT2D eigenvalue weighted by Crippen LogP contribution is 2.29. The Bertz CT molecular complexity index is 517. The Kier molecular flexibility index (Phi) is 5.62. The van der Waals surface area contributed by atoms with Crippen molar-refractivity contribution >= 4 is 39.2 Å². The summed E-state index contributed by atoms with van der Waals surface area (Å²) < 4.78 is 5.21. The molecule has 7 heteroatoms. The zero-order valence-corrected chi connectivity index (χ0v) is 12.4. The molecule has 0 saturated carbocycles. The van der Waals surface area contributed by atoms with Gasteiger partial charge in [-0.3, -0.25) is 4.79 Å². The summed E-state index contributed by atoms with van der Waals surface area (Å²) in [4.78, 5) is 22.1. The van der Waals surface area contributed by atoms with Crippen LogP contribution in [0.25, 0.3) is 0 Å². The smallest absolute Gasteiger partial charge is 0.332 e. The second-order valence-electron chi connectivity index (χ2n) is 3.76. The van der Waals surface area contributed by atoms with E-state index in [0.717, 1.165) is 0 Å². The number of anilines is 1. The Labute approximate surface area is 119 Å². The van der Waals surface area contributed by atoms with Crippen LogP contribution in [-0.4, -0.2) is 25.0 Å². The van der Waals surface area contributed by atoms with E-state index in [0.29, 0.717) is 15.8 Å². The third-order valence-electron chi connectivity index (χ3n) is 2.15. The molecule has 1 atom stereocenters. The molecule has 0 heterocycles. The minimum absolute atomic E-state index is 0.152. The zero-order valence-electron chi connectivity index (χ0n) is 10.8. The van der Waals surface area contributed by atoms with Crippen LogP contribution in [0.15, 0.2) is 32.9 Å². The molecule has 19 heavy (non-hydrogen) atoms. The fraction of sp³-hybridized carbons (Fsp3) is 0.333. The van der Waals surface area contributed by atoms with Gasteiger partial charge in [0.15, 0.2) is 6.04 Å². The van der Waals surface area contributed by atoms with Gasteiger partial charge in [0.25, 0.3) is 0 Å². The lowest BCUT2D eigenvalue weighted by Crippen LogP contribution is -2.15. The van der Waals surface area contributed by atoms with Crippen molar-refractivity contribution in [3.63, 3.8) is 0 Å². The van der Waals surface area contributed by atoms with Gasteiger partial charge in [-0.15, -0.1) is 0 Å². The lowest BCUT2D eigenvalue weighted by atomic mass is 10.3. The standard InChI is InChI=1S/C12H14BrN3O3/c1-7(12(18)19-3)15-16-11-5-4-9(6-10(11)13)14-8(2)17/h4-7H,1-3H3,(H,14,17). The first kappa shape index (κ1) is 15.3. The predicted octanol–water partition coefficient (Wildman–Crippen LogP) is 3.05. The Morgan fingerprint density at radius 1 is 1.42 bits per heavy atom. The fourth-order valence-corrected chi connectivity index (χ4v) is 1.69. The van der Waals surface area contributed by atoms with Gasteiger partial charge in [-0.25, -0.2) is 4.79 Å². The van der Waals surface area contributed by atoms with Gasteiger partial charge < -0.3 is 10.1 Å². The maximum Gasteiger partial charge on any atom is 0.332 e. The summed E-state index contributed by atoms with van der Waals surface area (Å²) in [7, 11) is 1.30. The van der Waals surface area contributed by atoms with Gasteiger partial charge in [0.2, 0.25) is 5.91 Å². The molecule has 0 saturated heterocycles. The molecule has 0 radical (unpaired) electrons. The van der Waals surface area contributed by atoms with Crippen molar-refractivity contribution in [1.82, 2.24) is 0 Å². The molecular formula is C12H14BrN3O3. The van der Waals surface area contributed by atoms with Gasteiger partial charge in [-0.05, 0) is 41.1 Å². The number of methoxy groups -OCH3 is 1. The first-order chi connectivity index (χ1) is 8.93. The predicted molar refractivity (Wildman–Crippen MR) is 74.4 cm³/mol. The maximum atomic E-state index is 11.2. The van der Waals surface area contributed by atoms with Crippen molar-refractivity contribution in [1.29, 1.82) is 0 Å². The van der Waals surface area contributed by atoms with Crippen LogP contribution in [0.5, 0.6) is 0 Å². The van der Waals surface area contributed by atoms with Crippen molar-refractivity contribution < 1.29 is 14.3 Å². The number of nitrogens with zero attached hydrogens (tertiary/aromatic N) is 2. The molecule has 0 spiro atoms. The number of carbonyl (C=O) groups excluding carboxylic acids is 2. The van der Waals surface area contributed by atoms with E-state index in [4.69, 9.17) is 0 Å². The van der Waals surface area contributed by atoms with Gasteiger partial charge in [0.1, 0.15) is 0 Å². The topological polar surface area (TPSA) is 80.1 Å². The number of carbonyl (C=O) groups is 2. The van der Waals surface area contributed by atoms with E-state index in [-0.39, 0.29) is 5.91 Å². The van der Waals surface area contributed by atoms with Gasteiger partial charge >= 0.3 is 5.97 Å². The molecular weight excluding hydrogens is 314 g/mol. The van der Waals surface area contributed by atoms with Crippen LogP contribution in [0.3, 0.4) is 0 Å². The van der Waals surface area contributed by atoms with Crippen molar-refractivity contribution in [2.45, 2.75) is 19.9 Å². The number of benzene rings is 1. The van der Waals surface area contributed by atoms with Crippen LogP contribution in [0.4, 0.5) is 11.4 Å². The molecule has 0 bridgehead atoms. The maximum absolute atomic E-state index is 11.2. The van der Waals surface area contributed by atoms with Crippen molar-refractivity contribution in [2.24, 2.45) is 10.2 Å². The van der Waals surface area contributed by atoms with Crippen molar-refractivity contribution in [2.75, 3.05) is 12.4 Å². The van der Waals surface area contributed by atoms with Crippen LogP contribution in [0.1, 0.15) is 13.8 Å². The fourth-order valence-electron chi connectivity index (χ4n) is 1.24. The van der Waals surface area contributed by atoms with Crippen LogP contribution in [0, 0.1) is 0 Å². The highest BCUT2D eigenvalue weighted by molar-refractivity contribution is 9.10. The molecule has 0 aliphatic heterocycles. The summed E-state index contributed by atoms with van der Waals surface area (Å²) in [5.74, 6) is -0.602. The molecule has 6 nitrogen and oxygen atoms in total. The average molecular weight is 328 g/mol. The SMILES string of the molecule is COC(=O)C(C)N=Nc1ccc(NC(C)=O)cc1Br. The lowest BCUT2D eigenvalue weighted by Gasteiger charge is -2.05. The molecule has 1 N–H and O–H groups in total. The highest BCUT2D eigenvalue weighted by atomic mass is 79.9. The minimum Gasteiger partial charge on any atom is -0.467 e. The first-order valence-electron chi connectivity index (χ1n) is 5.50. The Morgan fingerprint density at radius 2 is 2.11 bits per heavy atom. The molecule has 0 fully saturated rings. The second-order valence-corrected chi connectivity index (χ2v) is 4.62. The van der Waals surface area contributed by atoms with Gasteiger partial charge in [0, 0.05) is 17.1 Å². The first-order valence-corrected chi connectivity index (χ1v) is 6.29. The van der Waals surface area contributed by atoms with Gasteiger partial charge in [0.05, 0.1) is 12.8 Å². The number of esters is 1. The van der Waals surface area contributed by atoms with Crippen LogP contribution < -0.4 is 5.32 Å².